The summed E-state index contributed by atoms with van der Waals surface area (Å²) in [6.07, 6.45) is 9.13. The van der Waals surface area contributed by atoms with E-state index in [1.807, 2.05) is 11.3 Å². The number of fused-ring (bicyclic) bond motifs is 11. The van der Waals surface area contributed by atoms with Crippen molar-refractivity contribution in [3.05, 3.63) is 299 Å². The maximum atomic E-state index is 2.43. The molecule has 1 heterocycles. The number of para-hydroxylation sites is 2. The van der Waals surface area contributed by atoms with Gasteiger partial charge in [-0.2, -0.15) is 0 Å². The predicted molar refractivity (Wildman–Crippen MR) is 350 cm³/mol. The van der Waals surface area contributed by atoms with Crippen molar-refractivity contribution in [3.63, 3.8) is 0 Å². The molecule has 0 saturated heterocycles. The van der Waals surface area contributed by atoms with E-state index >= 15 is 0 Å². The van der Waals surface area contributed by atoms with E-state index in [9.17, 15) is 0 Å². The molecular formula is C78H58N2S. The maximum Gasteiger partial charge on any atom is 0.0540 e. The van der Waals surface area contributed by atoms with Crippen LogP contribution in [0.25, 0.3) is 88.3 Å². The molecule has 0 spiro atoms. The molecule has 81 heavy (non-hydrogen) atoms. The Bertz CT molecular complexity index is 4400. The minimum Gasteiger partial charge on any atom is -0.310 e. The van der Waals surface area contributed by atoms with Crippen LogP contribution in [0.3, 0.4) is 0 Å². The van der Waals surface area contributed by atoms with Crippen LogP contribution in [0.5, 0.6) is 0 Å². The van der Waals surface area contributed by atoms with E-state index in [4.69, 9.17) is 0 Å². The van der Waals surface area contributed by atoms with Crippen LogP contribution >= 0.6 is 11.3 Å². The molecule has 15 rings (SSSR count). The second-order valence-corrected chi connectivity index (χ2v) is 24.0. The van der Waals surface area contributed by atoms with Crippen molar-refractivity contribution in [1.29, 1.82) is 0 Å². The van der Waals surface area contributed by atoms with Crippen LogP contribution in [0.15, 0.2) is 255 Å². The van der Waals surface area contributed by atoms with Crippen molar-refractivity contribution in [1.82, 2.24) is 0 Å². The molecule has 0 atom stereocenters. The lowest BCUT2D eigenvalue weighted by Gasteiger charge is -2.29. The molecule has 0 N–H and O–H groups in total. The topological polar surface area (TPSA) is 6.48 Å². The quantitative estimate of drug-likeness (QED) is 0.126. The number of nitrogens with zero attached hydrogens (tertiary/aromatic N) is 2. The van der Waals surface area contributed by atoms with Gasteiger partial charge in [-0.1, -0.05) is 222 Å². The van der Waals surface area contributed by atoms with Gasteiger partial charge in [0.15, 0.2) is 0 Å². The zero-order valence-corrected chi connectivity index (χ0v) is 46.7. The van der Waals surface area contributed by atoms with Crippen molar-refractivity contribution in [2.75, 3.05) is 9.80 Å². The first-order valence-electron chi connectivity index (χ1n) is 28.2. The highest BCUT2D eigenvalue weighted by molar-refractivity contribution is 7.25. The van der Waals surface area contributed by atoms with Gasteiger partial charge in [-0.3, -0.25) is 0 Å². The maximum absolute atomic E-state index is 2.43. The first kappa shape index (κ1) is 48.6. The SMILES string of the molecule is CC1(C)c2cc(/C=C/c3ccc4sc5ccc(/C=C/c6ccc7c(c6)C(C)(C)c6cc(N(c8ccccc8)c8cccc9ccccc89)ccc6-7)cc5c4c3)ccc2-c2ccc(N(c3ccccc3)c3cccc4ccccc34)cc21. The highest BCUT2D eigenvalue weighted by atomic mass is 32.1. The van der Waals surface area contributed by atoms with Gasteiger partial charge >= 0.3 is 0 Å². The number of hydrogen-bond acceptors (Lipinski definition) is 3. The standard InChI is InChI=1S/C78H58N2S/c1-77(2)69-47-53(33-39-63(69)65-41-37-59(49-71(65)77)79(57-21-7-5-8-22-57)73-27-15-19-55-17-11-13-25-61(55)73)31-29-51-35-43-75-67(45-51)68-46-52(36-44-76(68)81-75)30-32-54-34-40-64-66-42-38-60(50-72(66)78(3,4)70(64)48-54)80(58-23-9-6-10-24-58)74-28-16-20-56-18-12-14-26-62(56)74/h5-50H,1-4H3/b31-29+,32-30+. The minimum absolute atomic E-state index is 0.189. The molecule has 3 heteroatoms. The smallest absolute Gasteiger partial charge is 0.0540 e. The zero-order chi connectivity index (χ0) is 54.4. The summed E-state index contributed by atoms with van der Waals surface area (Å²) >= 11 is 1.87. The lowest BCUT2D eigenvalue weighted by Crippen LogP contribution is -2.16. The Morgan fingerprint density at radius 1 is 0.284 bits per heavy atom. The first-order chi connectivity index (χ1) is 39.6. The Balaban J connectivity index is 0.690. The highest BCUT2D eigenvalue weighted by Crippen LogP contribution is 2.53. The number of benzene rings is 12. The Labute approximate surface area is 478 Å². The number of rotatable bonds is 10. The van der Waals surface area contributed by atoms with E-state index in [0.29, 0.717) is 0 Å². The average molecular weight is 1060 g/mol. The van der Waals surface area contributed by atoms with Crippen molar-refractivity contribution in [2.45, 2.75) is 38.5 Å². The molecule has 0 saturated carbocycles. The number of anilines is 6. The summed E-state index contributed by atoms with van der Waals surface area (Å²) < 4.78 is 2.61. The van der Waals surface area contributed by atoms with E-state index in [0.717, 1.165) is 22.7 Å². The van der Waals surface area contributed by atoms with Gasteiger partial charge in [0.2, 0.25) is 0 Å². The summed E-state index contributed by atoms with van der Waals surface area (Å²) in [7, 11) is 0. The van der Waals surface area contributed by atoms with Crippen LogP contribution in [0.4, 0.5) is 34.1 Å². The second-order valence-electron chi connectivity index (χ2n) is 22.9. The van der Waals surface area contributed by atoms with Gasteiger partial charge in [-0.25, -0.2) is 0 Å². The minimum atomic E-state index is -0.189. The number of thiophene rings is 1. The molecule has 0 bridgehead atoms. The fourth-order valence-electron chi connectivity index (χ4n) is 13.2. The van der Waals surface area contributed by atoms with E-state index < -0.39 is 0 Å². The molecular weight excluding hydrogens is 997 g/mol. The van der Waals surface area contributed by atoms with Gasteiger partial charge in [0.1, 0.15) is 0 Å². The summed E-state index contributed by atoms with van der Waals surface area (Å²) in [6.45, 7) is 9.53. The normalized spacial score (nSPS) is 13.8. The van der Waals surface area contributed by atoms with Gasteiger partial charge in [0.25, 0.3) is 0 Å². The van der Waals surface area contributed by atoms with E-state index in [2.05, 4.69) is 317 Å². The fraction of sp³-hybridized carbons (Fsp3) is 0.0769. The largest absolute Gasteiger partial charge is 0.310 e. The second kappa shape index (κ2) is 19.1. The van der Waals surface area contributed by atoms with Crippen LogP contribution in [0.1, 0.15) is 72.2 Å². The van der Waals surface area contributed by atoms with Crippen molar-refractivity contribution >= 4 is 111 Å². The molecule has 2 aliphatic rings. The molecule has 0 fully saturated rings. The van der Waals surface area contributed by atoms with Crippen LogP contribution < -0.4 is 9.80 Å². The van der Waals surface area contributed by atoms with E-state index in [-0.39, 0.29) is 10.8 Å². The van der Waals surface area contributed by atoms with Crippen LogP contribution in [-0.2, 0) is 10.8 Å². The molecule has 386 valence electrons. The van der Waals surface area contributed by atoms with Crippen LogP contribution in [-0.4, -0.2) is 0 Å². The number of hydrogen-bond donors (Lipinski definition) is 0. The molecule has 0 radical (unpaired) electrons. The highest BCUT2D eigenvalue weighted by Gasteiger charge is 2.38. The lowest BCUT2D eigenvalue weighted by atomic mass is 9.81. The van der Waals surface area contributed by atoms with E-state index in [1.165, 1.54) is 120 Å². The summed E-state index contributed by atoms with van der Waals surface area (Å²) in [4.78, 5) is 4.83. The molecule has 2 nitrogen and oxygen atoms in total. The van der Waals surface area contributed by atoms with Crippen molar-refractivity contribution in [3.8, 4) is 22.3 Å². The first-order valence-corrected chi connectivity index (χ1v) is 29.0. The molecule has 13 aromatic rings. The third-order valence-electron chi connectivity index (χ3n) is 17.4. The predicted octanol–water partition coefficient (Wildman–Crippen LogP) is 22.3. The molecule has 2 aliphatic carbocycles. The van der Waals surface area contributed by atoms with Gasteiger partial charge < -0.3 is 9.80 Å². The van der Waals surface area contributed by atoms with Gasteiger partial charge in [-0.05, 0) is 162 Å². The monoisotopic (exact) mass is 1050 g/mol. The fourth-order valence-corrected chi connectivity index (χ4v) is 14.3. The van der Waals surface area contributed by atoms with Gasteiger partial charge in [-0.15, -0.1) is 11.3 Å². The summed E-state index contributed by atoms with van der Waals surface area (Å²) in [5.41, 5.74) is 22.0. The Morgan fingerprint density at radius 3 is 1.06 bits per heavy atom. The Hall–Kier alpha value is -9.54. The molecule has 1 aromatic heterocycles. The van der Waals surface area contributed by atoms with Crippen LogP contribution in [0.2, 0.25) is 0 Å². The summed E-state index contributed by atoms with van der Waals surface area (Å²) in [6, 6.07) is 94.1. The van der Waals surface area contributed by atoms with Crippen LogP contribution in [0, 0.1) is 0 Å². The van der Waals surface area contributed by atoms with Gasteiger partial charge in [0.05, 0.1) is 11.4 Å². The Kier molecular flexibility index (Phi) is 11.4. The molecule has 0 unspecified atom stereocenters. The molecule has 0 amide bonds. The third-order valence-corrected chi connectivity index (χ3v) is 18.5. The van der Waals surface area contributed by atoms with Gasteiger partial charge in [0, 0.05) is 64.5 Å². The van der Waals surface area contributed by atoms with Crippen molar-refractivity contribution < 1.29 is 0 Å². The van der Waals surface area contributed by atoms with E-state index in [1.54, 1.807) is 0 Å². The molecule has 0 aliphatic heterocycles. The molecule has 12 aromatic carbocycles. The third kappa shape index (κ3) is 8.22. The summed E-state index contributed by atoms with van der Waals surface area (Å²) in [5, 5.41) is 7.52. The van der Waals surface area contributed by atoms with Crippen molar-refractivity contribution in [2.24, 2.45) is 0 Å². The zero-order valence-electron chi connectivity index (χ0n) is 45.9. The average Bonchev–Trinajstić information content (AvgIpc) is 4.30. The summed E-state index contributed by atoms with van der Waals surface area (Å²) in [5.74, 6) is 0. The lowest BCUT2D eigenvalue weighted by molar-refractivity contribution is 0.660. The Morgan fingerprint density at radius 2 is 0.630 bits per heavy atom.